The van der Waals surface area contributed by atoms with Crippen molar-refractivity contribution in [3.8, 4) is 5.69 Å². The number of aliphatic hydroxyl groups excluding tert-OH is 1. The molecule has 128 valence electrons. The third-order valence-electron chi connectivity index (χ3n) is 5.40. The summed E-state index contributed by atoms with van der Waals surface area (Å²) in [6.07, 6.45) is 6.77. The summed E-state index contributed by atoms with van der Waals surface area (Å²) in [7, 11) is 0. The van der Waals surface area contributed by atoms with Crippen LogP contribution in [-0.4, -0.2) is 51.7 Å². The average Bonchev–Trinajstić information content (AvgIpc) is 3.28. The fraction of sp³-hybridized carbons (Fsp3) is 0.526. The Bertz CT molecular complexity index is 641. The van der Waals surface area contributed by atoms with Gasteiger partial charge in [-0.05, 0) is 36.6 Å². The number of hydrogen-bond acceptors (Lipinski definition) is 4. The largest absolute Gasteiger partial charge is 0.393 e. The van der Waals surface area contributed by atoms with Gasteiger partial charge in [0.25, 0.3) is 0 Å². The predicted octanol–water partition coefficient (Wildman–Crippen LogP) is 2.23. The van der Waals surface area contributed by atoms with Gasteiger partial charge in [0.05, 0.1) is 25.0 Å². The first-order chi connectivity index (χ1) is 11.8. The van der Waals surface area contributed by atoms with Crippen molar-refractivity contribution in [3.05, 3.63) is 48.3 Å². The van der Waals surface area contributed by atoms with Crippen LogP contribution in [0.2, 0.25) is 0 Å². The van der Waals surface area contributed by atoms with E-state index in [1.807, 2.05) is 16.9 Å². The summed E-state index contributed by atoms with van der Waals surface area (Å²) >= 11 is 0. The number of aromatic nitrogens is 2. The Kier molecular flexibility index (Phi) is 4.65. The molecule has 3 atom stereocenters. The van der Waals surface area contributed by atoms with E-state index in [2.05, 4.69) is 34.3 Å². The summed E-state index contributed by atoms with van der Waals surface area (Å²) in [6.45, 7) is 3.38. The Hall–Kier alpha value is -1.69. The van der Waals surface area contributed by atoms with E-state index >= 15 is 0 Å². The van der Waals surface area contributed by atoms with Crippen LogP contribution in [-0.2, 0) is 11.3 Å². The Morgan fingerprint density at radius 1 is 1.21 bits per heavy atom. The van der Waals surface area contributed by atoms with Crippen LogP contribution in [0.4, 0.5) is 0 Å². The molecule has 24 heavy (non-hydrogen) atoms. The minimum atomic E-state index is -0.165. The maximum Gasteiger partial charge on any atom is 0.0645 e. The van der Waals surface area contributed by atoms with E-state index < -0.39 is 0 Å². The average molecular weight is 327 g/mol. The van der Waals surface area contributed by atoms with Crippen molar-refractivity contribution in [3.63, 3.8) is 0 Å². The first-order valence-electron chi connectivity index (χ1n) is 8.90. The van der Waals surface area contributed by atoms with Crippen molar-refractivity contribution in [1.82, 2.24) is 14.7 Å². The van der Waals surface area contributed by atoms with E-state index in [-0.39, 0.29) is 6.10 Å². The zero-order valence-corrected chi connectivity index (χ0v) is 13.9. The molecule has 3 unspecified atom stereocenters. The fourth-order valence-electron chi connectivity index (χ4n) is 4.08. The molecule has 1 saturated carbocycles. The summed E-state index contributed by atoms with van der Waals surface area (Å²) in [6, 6.07) is 10.8. The van der Waals surface area contributed by atoms with Gasteiger partial charge in [-0.1, -0.05) is 18.6 Å². The topological polar surface area (TPSA) is 50.5 Å². The number of hydrogen-bond donors (Lipinski definition) is 1. The summed E-state index contributed by atoms with van der Waals surface area (Å²) in [5.74, 6) is 0.355. The second kappa shape index (κ2) is 7.05. The smallest absolute Gasteiger partial charge is 0.0645 e. The molecule has 1 aromatic carbocycles. The van der Waals surface area contributed by atoms with Gasteiger partial charge in [0.15, 0.2) is 0 Å². The lowest BCUT2D eigenvalue weighted by atomic mass is 9.94. The molecule has 2 aliphatic rings. The van der Waals surface area contributed by atoms with Gasteiger partial charge >= 0.3 is 0 Å². The van der Waals surface area contributed by atoms with Crippen LogP contribution in [0.5, 0.6) is 0 Å². The van der Waals surface area contributed by atoms with Gasteiger partial charge < -0.3 is 9.84 Å². The van der Waals surface area contributed by atoms with Crippen molar-refractivity contribution in [2.45, 2.75) is 38.0 Å². The number of rotatable bonds is 4. The molecule has 2 fully saturated rings. The highest BCUT2D eigenvalue weighted by Gasteiger charge is 2.37. The van der Waals surface area contributed by atoms with Gasteiger partial charge in [-0.25, -0.2) is 4.68 Å². The highest BCUT2D eigenvalue weighted by molar-refractivity contribution is 5.33. The molecular weight excluding hydrogens is 302 g/mol. The maximum absolute atomic E-state index is 10.3. The standard InChI is InChI=1S/C19H25N3O2/c23-19-4-1-3-17(19)18-14-24-12-11-21(18)13-15-5-7-16(8-6-15)22-10-2-9-20-22/h2,5-10,17-19,23H,1,3-4,11-14H2. The van der Waals surface area contributed by atoms with Gasteiger partial charge in [0, 0.05) is 37.4 Å². The Morgan fingerprint density at radius 2 is 2.08 bits per heavy atom. The van der Waals surface area contributed by atoms with Crippen molar-refractivity contribution >= 4 is 0 Å². The second-order valence-electron chi connectivity index (χ2n) is 6.89. The van der Waals surface area contributed by atoms with Crippen LogP contribution in [0, 0.1) is 5.92 Å². The Labute approximate surface area is 142 Å². The lowest BCUT2D eigenvalue weighted by molar-refractivity contribution is -0.0536. The van der Waals surface area contributed by atoms with Gasteiger partial charge in [0.2, 0.25) is 0 Å². The molecule has 0 radical (unpaired) electrons. The van der Waals surface area contributed by atoms with Crippen LogP contribution in [0.25, 0.3) is 5.69 Å². The van der Waals surface area contributed by atoms with E-state index in [1.165, 1.54) is 5.56 Å². The number of nitrogens with zero attached hydrogens (tertiary/aromatic N) is 3. The van der Waals surface area contributed by atoms with Gasteiger partial charge in [-0.3, -0.25) is 4.90 Å². The van der Waals surface area contributed by atoms with E-state index in [9.17, 15) is 5.11 Å². The summed E-state index contributed by atoms with van der Waals surface area (Å²) in [5.41, 5.74) is 2.37. The Balaban J connectivity index is 1.46. The van der Waals surface area contributed by atoms with E-state index in [0.717, 1.165) is 51.3 Å². The fourth-order valence-corrected chi connectivity index (χ4v) is 4.08. The van der Waals surface area contributed by atoms with Crippen LogP contribution in [0.1, 0.15) is 24.8 Å². The molecule has 2 heterocycles. The molecule has 5 nitrogen and oxygen atoms in total. The van der Waals surface area contributed by atoms with Crippen molar-refractivity contribution < 1.29 is 9.84 Å². The molecule has 5 heteroatoms. The van der Waals surface area contributed by atoms with Crippen molar-refractivity contribution in [2.24, 2.45) is 5.92 Å². The second-order valence-corrected chi connectivity index (χ2v) is 6.89. The molecule has 1 N–H and O–H groups in total. The molecule has 0 spiro atoms. The molecule has 1 aliphatic heterocycles. The first-order valence-corrected chi connectivity index (χ1v) is 8.90. The summed E-state index contributed by atoms with van der Waals surface area (Å²) < 4.78 is 7.59. The highest BCUT2D eigenvalue weighted by Crippen LogP contribution is 2.32. The number of morpholine rings is 1. The molecule has 0 bridgehead atoms. The SMILES string of the molecule is OC1CCCC1C1COCCN1Cc1ccc(-n2cccn2)cc1. The molecule has 1 aliphatic carbocycles. The zero-order chi connectivity index (χ0) is 16.4. The third-order valence-corrected chi connectivity index (χ3v) is 5.40. The number of aliphatic hydroxyl groups is 1. The van der Waals surface area contributed by atoms with Crippen LogP contribution in [0.3, 0.4) is 0 Å². The minimum Gasteiger partial charge on any atom is -0.393 e. The summed E-state index contributed by atoms with van der Waals surface area (Å²) in [5, 5.41) is 14.5. The zero-order valence-electron chi connectivity index (χ0n) is 13.9. The van der Waals surface area contributed by atoms with E-state index in [4.69, 9.17) is 4.74 Å². The quantitative estimate of drug-likeness (QED) is 0.936. The molecular formula is C19H25N3O2. The Morgan fingerprint density at radius 3 is 2.79 bits per heavy atom. The normalized spacial score (nSPS) is 28.3. The molecule has 0 amide bonds. The van der Waals surface area contributed by atoms with Crippen LogP contribution in [0.15, 0.2) is 42.7 Å². The van der Waals surface area contributed by atoms with E-state index in [1.54, 1.807) is 6.20 Å². The van der Waals surface area contributed by atoms with E-state index in [0.29, 0.717) is 12.0 Å². The number of benzene rings is 1. The molecule has 1 saturated heterocycles. The van der Waals surface area contributed by atoms with Gasteiger partial charge in [0.1, 0.15) is 0 Å². The predicted molar refractivity (Wildman–Crippen MR) is 91.9 cm³/mol. The van der Waals surface area contributed by atoms with Crippen LogP contribution >= 0.6 is 0 Å². The summed E-state index contributed by atoms with van der Waals surface area (Å²) in [4.78, 5) is 2.49. The highest BCUT2D eigenvalue weighted by atomic mass is 16.5. The third kappa shape index (κ3) is 3.24. The molecule has 1 aromatic heterocycles. The van der Waals surface area contributed by atoms with Gasteiger partial charge in [-0.15, -0.1) is 0 Å². The van der Waals surface area contributed by atoms with Crippen molar-refractivity contribution in [1.29, 1.82) is 0 Å². The lowest BCUT2D eigenvalue weighted by Gasteiger charge is -2.40. The van der Waals surface area contributed by atoms with Gasteiger partial charge in [-0.2, -0.15) is 5.10 Å². The van der Waals surface area contributed by atoms with Crippen LogP contribution < -0.4 is 0 Å². The lowest BCUT2D eigenvalue weighted by Crippen LogP contribution is -2.50. The van der Waals surface area contributed by atoms with Crippen molar-refractivity contribution in [2.75, 3.05) is 19.8 Å². The minimum absolute atomic E-state index is 0.165. The number of ether oxygens (including phenoxy) is 1. The monoisotopic (exact) mass is 327 g/mol. The molecule has 4 rings (SSSR count). The first kappa shape index (κ1) is 15.8. The molecule has 2 aromatic rings. The maximum atomic E-state index is 10.3.